The Labute approximate surface area is 144 Å². The Kier molecular flexibility index (Phi) is 4.41. The zero-order chi connectivity index (χ0) is 19.3. The van der Waals surface area contributed by atoms with E-state index in [1.54, 1.807) is 0 Å². The Balaban J connectivity index is 2.09. The van der Waals surface area contributed by atoms with Crippen molar-refractivity contribution >= 4 is 9.84 Å². The highest BCUT2D eigenvalue weighted by molar-refractivity contribution is 7.91. The van der Waals surface area contributed by atoms with E-state index < -0.39 is 56.5 Å². The normalized spacial score (nSPS) is 16.0. The third kappa shape index (κ3) is 3.25. The lowest BCUT2D eigenvalue weighted by Crippen LogP contribution is -2.17. The van der Waals surface area contributed by atoms with Gasteiger partial charge in [-0.3, -0.25) is 0 Å². The largest absolute Gasteiger partial charge is 0.457 e. The minimum Gasteiger partial charge on any atom is -0.457 e. The maximum atomic E-state index is 13.8. The summed E-state index contributed by atoms with van der Waals surface area (Å²) in [7, 11) is -5.09. The van der Waals surface area contributed by atoms with Crippen LogP contribution < -0.4 is 4.74 Å². The van der Waals surface area contributed by atoms with Gasteiger partial charge in [-0.15, -0.1) is 0 Å². The predicted molar refractivity (Wildman–Crippen MR) is 78.4 cm³/mol. The van der Waals surface area contributed by atoms with Crippen LogP contribution in [0.15, 0.2) is 35.2 Å². The molecule has 0 atom stereocenters. The van der Waals surface area contributed by atoms with Gasteiger partial charge in [0.05, 0.1) is 4.90 Å². The van der Waals surface area contributed by atoms with Crippen LogP contribution in [0.4, 0.5) is 26.3 Å². The zero-order valence-corrected chi connectivity index (χ0v) is 13.6. The average molecular weight is 396 g/mol. The first kappa shape index (κ1) is 18.6. The Bertz CT molecular complexity index is 972. The summed E-state index contributed by atoms with van der Waals surface area (Å²) in [6.45, 7) is 0. The molecule has 0 N–H and O–H groups in total. The summed E-state index contributed by atoms with van der Waals surface area (Å²) < 4.78 is 108. The summed E-state index contributed by atoms with van der Waals surface area (Å²) >= 11 is 0. The standard InChI is InChI=1S/C16H10F6O3S/c17-11-2-1-8(5-12(11)18)25-13-3-4-14(26(23,24)15(19)20)10-7-16(21,22)6-9(10)13/h1-5,15H,6-7H2. The van der Waals surface area contributed by atoms with E-state index in [4.69, 9.17) is 4.74 Å². The zero-order valence-electron chi connectivity index (χ0n) is 12.8. The summed E-state index contributed by atoms with van der Waals surface area (Å²) in [5, 5.41) is 0. The van der Waals surface area contributed by atoms with Crippen molar-refractivity contribution in [1.82, 2.24) is 0 Å². The molecule has 2 aromatic carbocycles. The van der Waals surface area contributed by atoms with E-state index in [2.05, 4.69) is 0 Å². The van der Waals surface area contributed by atoms with Crippen molar-refractivity contribution in [2.75, 3.05) is 0 Å². The van der Waals surface area contributed by atoms with Gasteiger partial charge < -0.3 is 4.74 Å². The SMILES string of the molecule is O=S(=O)(c1ccc(Oc2ccc(F)c(F)c2)c2c1CC(F)(F)C2)C(F)F. The molecule has 0 fully saturated rings. The molecule has 0 amide bonds. The number of alkyl halides is 4. The number of fused-ring (bicyclic) bond motifs is 1. The van der Waals surface area contributed by atoms with Crippen molar-refractivity contribution in [3.05, 3.63) is 53.1 Å². The van der Waals surface area contributed by atoms with E-state index >= 15 is 0 Å². The Morgan fingerprint density at radius 3 is 2.23 bits per heavy atom. The molecule has 0 unspecified atom stereocenters. The molecule has 1 aliphatic rings. The van der Waals surface area contributed by atoms with Gasteiger partial charge in [-0.1, -0.05) is 0 Å². The number of hydrogen-bond donors (Lipinski definition) is 0. The number of sulfone groups is 1. The molecule has 3 rings (SSSR count). The highest BCUT2D eigenvalue weighted by atomic mass is 32.2. The summed E-state index contributed by atoms with van der Waals surface area (Å²) in [4.78, 5) is -0.891. The number of ether oxygens (including phenoxy) is 1. The van der Waals surface area contributed by atoms with E-state index in [9.17, 15) is 34.8 Å². The summed E-state index contributed by atoms with van der Waals surface area (Å²) in [6.07, 6.45) is -1.97. The predicted octanol–water partition coefficient (Wildman–Crippen LogP) is 4.49. The van der Waals surface area contributed by atoms with E-state index in [0.717, 1.165) is 24.3 Å². The number of halogens is 6. The second kappa shape index (κ2) is 6.19. The van der Waals surface area contributed by atoms with Crippen molar-refractivity contribution in [2.45, 2.75) is 29.4 Å². The molecule has 2 aromatic rings. The third-order valence-corrected chi connectivity index (χ3v) is 5.34. The molecule has 140 valence electrons. The van der Waals surface area contributed by atoms with Crippen LogP contribution in [0.1, 0.15) is 11.1 Å². The smallest absolute Gasteiger partial charge is 0.341 e. The molecular formula is C16H10F6O3S. The van der Waals surface area contributed by atoms with Gasteiger partial charge in [-0.2, -0.15) is 8.78 Å². The Morgan fingerprint density at radius 2 is 1.62 bits per heavy atom. The first-order valence-corrected chi connectivity index (χ1v) is 8.73. The van der Waals surface area contributed by atoms with Crippen LogP contribution in [-0.2, 0) is 22.7 Å². The lowest BCUT2D eigenvalue weighted by atomic mass is 10.1. The van der Waals surface area contributed by atoms with Gasteiger partial charge in [0.15, 0.2) is 11.6 Å². The molecule has 0 bridgehead atoms. The minimum absolute atomic E-state index is 0.217. The molecule has 26 heavy (non-hydrogen) atoms. The summed E-state index contributed by atoms with van der Waals surface area (Å²) in [5.74, 6) is -9.95. The number of hydrogen-bond acceptors (Lipinski definition) is 3. The van der Waals surface area contributed by atoms with Crippen LogP contribution in [0.2, 0.25) is 0 Å². The van der Waals surface area contributed by atoms with Gasteiger partial charge in [0.25, 0.3) is 5.92 Å². The van der Waals surface area contributed by atoms with Crippen molar-refractivity contribution < 1.29 is 39.5 Å². The molecule has 1 aliphatic carbocycles. The first-order valence-electron chi connectivity index (χ1n) is 7.19. The second-order valence-electron chi connectivity index (χ2n) is 5.71. The van der Waals surface area contributed by atoms with E-state index in [1.807, 2.05) is 0 Å². The van der Waals surface area contributed by atoms with Gasteiger partial charge in [-0.05, 0) is 29.8 Å². The summed E-state index contributed by atoms with van der Waals surface area (Å²) in [5.41, 5.74) is -0.725. The van der Waals surface area contributed by atoms with Crippen LogP contribution in [0.5, 0.6) is 11.5 Å². The maximum absolute atomic E-state index is 13.8. The van der Waals surface area contributed by atoms with Crippen LogP contribution in [0.3, 0.4) is 0 Å². The highest BCUT2D eigenvalue weighted by Gasteiger charge is 2.43. The fraction of sp³-hybridized carbons (Fsp3) is 0.250. The molecule has 0 spiro atoms. The molecule has 0 aromatic heterocycles. The first-order chi connectivity index (χ1) is 12.0. The second-order valence-corrected chi connectivity index (χ2v) is 7.60. The fourth-order valence-corrected chi connectivity index (χ4v) is 3.73. The third-order valence-electron chi connectivity index (χ3n) is 3.88. The van der Waals surface area contributed by atoms with E-state index in [1.165, 1.54) is 0 Å². The van der Waals surface area contributed by atoms with Gasteiger partial charge >= 0.3 is 5.76 Å². The number of benzene rings is 2. The fourth-order valence-electron chi connectivity index (χ4n) is 2.74. The minimum atomic E-state index is -5.09. The van der Waals surface area contributed by atoms with Gasteiger partial charge in [0, 0.05) is 24.5 Å². The molecule has 3 nitrogen and oxygen atoms in total. The molecule has 0 heterocycles. The van der Waals surface area contributed by atoms with Crippen LogP contribution in [0.25, 0.3) is 0 Å². The molecule has 0 radical (unpaired) electrons. The van der Waals surface area contributed by atoms with Gasteiger partial charge in [-0.25, -0.2) is 26.0 Å². The van der Waals surface area contributed by atoms with E-state index in [0.29, 0.717) is 6.07 Å². The Hall–Kier alpha value is -2.23. The maximum Gasteiger partial charge on any atom is 0.341 e. The molecule has 10 heteroatoms. The quantitative estimate of drug-likeness (QED) is 0.716. The Morgan fingerprint density at radius 1 is 0.962 bits per heavy atom. The molecule has 0 saturated carbocycles. The number of rotatable bonds is 4. The topological polar surface area (TPSA) is 43.4 Å². The van der Waals surface area contributed by atoms with Crippen LogP contribution in [-0.4, -0.2) is 20.1 Å². The van der Waals surface area contributed by atoms with Crippen molar-refractivity contribution in [1.29, 1.82) is 0 Å². The van der Waals surface area contributed by atoms with Gasteiger partial charge in [0.2, 0.25) is 9.84 Å². The lowest BCUT2D eigenvalue weighted by molar-refractivity contribution is 0.0125. The van der Waals surface area contributed by atoms with Crippen LogP contribution >= 0.6 is 0 Å². The highest BCUT2D eigenvalue weighted by Crippen LogP contribution is 2.44. The molecular weight excluding hydrogens is 386 g/mol. The molecule has 0 saturated heterocycles. The van der Waals surface area contributed by atoms with Crippen LogP contribution in [0, 0.1) is 11.6 Å². The van der Waals surface area contributed by atoms with Gasteiger partial charge in [0.1, 0.15) is 11.5 Å². The molecule has 0 aliphatic heterocycles. The van der Waals surface area contributed by atoms with Crippen molar-refractivity contribution in [3.8, 4) is 11.5 Å². The average Bonchev–Trinajstić information content (AvgIpc) is 2.86. The van der Waals surface area contributed by atoms with E-state index in [-0.39, 0.29) is 17.1 Å². The monoisotopic (exact) mass is 396 g/mol. The summed E-state index contributed by atoms with van der Waals surface area (Å²) in [6, 6.07) is 4.17. The lowest BCUT2D eigenvalue weighted by Gasteiger charge is -2.14. The van der Waals surface area contributed by atoms with Crippen molar-refractivity contribution in [3.63, 3.8) is 0 Å². The van der Waals surface area contributed by atoms with Crippen molar-refractivity contribution in [2.24, 2.45) is 0 Å².